The number of likely N-dealkylation sites (tertiary alicyclic amines) is 2. The molecular weight excluding hydrogens is 416 g/mol. The van der Waals surface area contributed by atoms with Crippen LogP contribution in [0.2, 0.25) is 0 Å². The molecule has 154 valence electrons. The zero-order chi connectivity index (χ0) is 19.9. The van der Waals surface area contributed by atoms with Crippen molar-refractivity contribution in [2.75, 3.05) is 19.6 Å². The Balaban J connectivity index is 1.32. The largest absolute Gasteiger partial charge is 0.444 e. The predicted molar refractivity (Wildman–Crippen MR) is 115 cm³/mol. The fraction of sp³-hybridized carbons (Fsp3) is 0.696. The van der Waals surface area contributed by atoms with Crippen molar-refractivity contribution in [2.24, 2.45) is 5.41 Å². The van der Waals surface area contributed by atoms with Crippen LogP contribution in [0, 0.1) is 5.41 Å². The molecule has 1 saturated carbocycles. The van der Waals surface area contributed by atoms with Crippen molar-refractivity contribution in [3.8, 4) is 0 Å². The lowest BCUT2D eigenvalue weighted by Gasteiger charge is -2.55. The second-order valence-electron chi connectivity index (χ2n) is 9.95. The summed E-state index contributed by atoms with van der Waals surface area (Å²) in [5.41, 5.74) is 1.48. The maximum absolute atomic E-state index is 12.3. The lowest BCUT2D eigenvalue weighted by atomic mass is 9.60. The lowest BCUT2D eigenvalue weighted by Crippen LogP contribution is -2.55. The van der Waals surface area contributed by atoms with Crippen LogP contribution in [0.15, 0.2) is 28.7 Å². The number of piperidine rings is 1. The summed E-state index contributed by atoms with van der Waals surface area (Å²) in [6, 6.07) is 9.96. The molecule has 4 rings (SSSR count). The van der Waals surface area contributed by atoms with Crippen LogP contribution in [0.1, 0.15) is 70.9 Å². The summed E-state index contributed by atoms with van der Waals surface area (Å²) in [5, 5.41) is 0. The Labute approximate surface area is 177 Å². The van der Waals surface area contributed by atoms with Crippen LogP contribution in [0.5, 0.6) is 0 Å². The van der Waals surface area contributed by atoms with Gasteiger partial charge in [-0.3, -0.25) is 4.90 Å². The Morgan fingerprint density at radius 2 is 1.82 bits per heavy atom. The minimum absolute atomic E-state index is 0.147. The number of amides is 1. The minimum Gasteiger partial charge on any atom is -0.444 e. The third-order valence-electron chi connectivity index (χ3n) is 6.84. The standard InChI is InChI=1S/C23H33BrN2O2/c1-22(2,3)28-21(27)25-13-10-23(11-14-25)15-17(16-23)26-12-6-9-20(26)18-7-4-5-8-19(18)24/h4-5,7-8,17,20H,6,9-16H2,1-3H3/t20-/m0/s1. The van der Waals surface area contributed by atoms with Gasteiger partial charge in [0.15, 0.2) is 0 Å². The van der Waals surface area contributed by atoms with E-state index in [-0.39, 0.29) is 6.09 Å². The zero-order valence-corrected chi connectivity index (χ0v) is 19.0. The number of hydrogen-bond acceptors (Lipinski definition) is 3. The van der Waals surface area contributed by atoms with Gasteiger partial charge < -0.3 is 9.64 Å². The number of carbonyl (C=O) groups excluding carboxylic acids is 1. The number of carbonyl (C=O) groups is 1. The van der Waals surface area contributed by atoms with Gasteiger partial charge in [-0.25, -0.2) is 4.79 Å². The quantitative estimate of drug-likeness (QED) is 0.575. The summed E-state index contributed by atoms with van der Waals surface area (Å²) >= 11 is 3.76. The van der Waals surface area contributed by atoms with Crippen molar-refractivity contribution < 1.29 is 9.53 Å². The number of benzene rings is 1. The Hall–Kier alpha value is -1.07. The first-order valence-corrected chi connectivity index (χ1v) is 11.5. The average molecular weight is 449 g/mol. The number of nitrogens with zero attached hydrogens (tertiary/aromatic N) is 2. The molecule has 2 heterocycles. The first-order chi connectivity index (χ1) is 13.3. The molecule has 3 fully saturated rings. The molecule has 0 radical (unpaired) electrons. The van der Waals surface area contributed by atoms with E-state index >= 15 is 0 Å². The van der Waals surface area contributed by atoms with Crippen LogP contribution >= 0.6 is 15.9 Å². The van der Waals surface area contributed by atoms with Crippen LogP contribution in [-0.4, -0.2) is 47.2 Å². The summed E-state index contributed by atoms with van der Waals surface area (Å²) in [6.07, 6.45) is 7.23. The minimum atomic E-state index is -0.412. The molecule has 4 nitrogen and oxygen atoms in total. The van der Waals surface area contributed by atoms with Gasteiger partial charge in [-0.1, -0.05) is 34.1 Å². The molecule has 1 spiro atoms. The van der Waals surface area contributed by atoms with Gasteiger partial charge in [0.05, 0.1) is 0 Å². The highest BCUT2D eigenvalue weighted by Crippen LogP contribution is 2.54. The molecule has 2 saturated heterocycles. The normalized spacial score (nSPS) is 25.7. The molecule has 3 aliphatic rings. The fourth-order valence-corrected chi connectivity index (χ4v) is 5.93. The van der Waals surface area contributed by atoms with E-state index in [2.05, 4.69) is 45.1 Å². The highest BCUT2D eigenvalue weighted by atomic mass is 79.9. The molecule has 1 amide bonds. The van der Waals surface area contributed by atoms with E-state index in [1.807, 2.05) is 25.7 Å². The van der Waals surface area contributed by atoms with Crippen LogP contribution in [0.3, 0.4) is 0 Å². The van der Waals surface area contributed by atoms with E-state index in [0.717, 1.165) is 25.9 Å². The van der Waals surface area contributed by atoms with Crippen LogP contribution in [-0.2, 0) is 4.74 Å². The molecule has 0 bridgehead atoms. The van der Waals surface area contributed by atoms with E-state index in [1.165, 1.54) is 42.3 Å². The van der Waals surface area contributed by atoms with Gasteiger partial charge >= 0.3 is 6.09 Å². The van der Waals surface area contributed by atoms with Crippen LogP contribution < -0.4 is 0 Å². The van der Waals surface area contributed by atoms with E-state index in [4.69, 9.17) is 4.74 Å². The third kappa shape index (κ3) is 4.11. The maximum Gasteiger partial charge on any atom is 0.410 e. The molecule has 2 aliphatic heterocycles. The molecule has 0 aromatic heterocycles. The Morgan fingerprint density at radius 3 is 2.46 bits per heavy atom. The molecule has 28 heavy (non-hydrogen) atoms. The highest BCUT2D eigenvalue weighted by Gasteiger charge is 2.50. The summed E-state index contributed by atoms with van der Waals surface area (Å²) in [7, 11) is 0. The van der Waals surface area contributed by atoms with Gasteiger partial charge in [-0.15, -0.1) is 0 Å². The predicted octanol–water partition coefficient (Wildman–Crippen LogP) is 5.77. The average Bonchev–Trinajstić information content (AvgIpc) is 3.07. The van der Waals surface area contributed by atoms with Crippen molar-refractivity contribution in [1.82, 2.24) is 9.80 Å². The van der Waals surface area contributed by atoms with Gasteiger partial charge in [0, 0.05) is 29.6 Å². The van der Waals surface area contributed by atoms with E-state index in [1.54, 1.807) is 0 Å². The lowest BCUT2D eigenvalue weighted by molar-refractivity contribution is -0.0516. The first-order valence-electron chi connectivity index (χ1n) is 10.7. The SMILES string of the molecule is CC(C)(C)OC(=O)N1CCC2(CC1)CC(N1CCC[C@H]1c1ccccc1Br)C2. The Kier molecular flexibility index (Phi) is 5.51. The summed E-state index contributed by atoms with van der Waals surface area (Å²) in [6.45, 7) is 8.71. The van der Waals surface area contributed by atoms with Gasteiger partial charge in [0.25, 0.3) is 0 Å². The number of halogens is 1. The molecule has 5 heteroatoms. The smallest absolute Gasteiger partial charge is 0.410 e. The number of rotatable bonds is 2. The topological polar surface area (TPSA) is 32.8 Å². The van der Waals surface area contributed by atoms with Crippen molar-refractivity contribution in [3.05, 3.63) is 34.3 Å². The van der Waals surface area contributed by atoms with E-state index < -0.39 is 5.60 Å². The maximum atomic E-state index is 12.3. The van der Waals surface area contributed by atoms with Crippen molar-refractivity contribution in [2.45, 2.75) is 77.0 Å². The fourth-order valence-electron chi connectivity index (χ4n) is 5.38. The first kappa shape index (κ1) is 20.2. The van der Waals surface area contributed by atoms with Crippen molar-refractivity contribution in [1.29, 1.82) is 0 Å². The van der Waals surface area contributed by atoms with Gasteiger partial charge in [-0.2, -0.15) is 0 Å². The van der Waals surface area contributed by atoms with Gasteiger partial charge in [0.2, 0.25) is 0 Å². The summed E-state index contributed by atoms with van der Waals surface area (Å²) in [4.78, 5) is 17.0. The van der Waals surface area contributed by atoms with Gasteiger partial charge in [-0.05, 0) is 82.9 Å². The summed E-state index contributed by atoms with van der Waals surface area (Å²) in [5.74, 6) is 0. The molecular formula is C23H33BrN2O2. The molecule has 0 N–H and O–H groups in total. The molecule has 1 atom stereocenters. The molecule has 0 unspecified atom stereocenters. The molecule has 1 aliphatic carbocycles. The van der Waals surface area contributed by atoms with Crippen LogP contribution in [0.4, 0.5) is 4.79 Å². The van der Waals surface area contributed by atoms with Crippen LogP contribution in [0.25, 0.3) is 0 Å². The zero-order valence-electron chi connectivity index (χ0n) is 17.4. The summed E-state index contributed by atoms with van der Waals surface area (Å²) < 4.78 is 6.79. The second-order valence-corrected chi connectivity index (χ2v) is 10.8. The van der Waals surface area contributed by atoms with Gasteiger partial charge in [0.1, 0.15) is 5.60 Å². The number of hydrogen-bond donors (Lipinski definition) is 0. The van der Waals surface area contributed by atoms with Crippen molar-refractivity contribution >= 4 is 22.0 Å². The Bertz CT molecular complexity index is 714. The molecule has 1 aromatic carbocycles. The second kappa shape index (κ2) is 7.64. The number of ether oxygens (including phenoxy) is 1. The van der Waals surface area contributed by atoms with E-state index in [9.17, 15) is 4.79 Å². The van der Waals surface area contributed by atoms with Crippen molar-refractivity contribution in [3.63, 3.8) is 0 Å². The Morgan fingerprint density at radius 1 is 1.14 bits per heavy atom. The highest BCUT2D eigenvalue weighted by molar-refractivity contribution is 9.10. The van der Waals surface area contributed by atoms with E-state index in [0.29, 0.717) is 17.5 Å². The third-order valence-corrected chi connectivity index (χ3v) is 7.56. The molecule has 1 aromatic rings. The monoisotopic (exact) mass is 448 g/mol.